The Kier molecular flexibility index (Phi) is 7.53. The fourth-order valence-corrected chi connectivity index (χ4v) is 3.91. The third kappa shape index (κ3) is 5.10. The van der Waals surface area contributed by atoms with E-state index in [1.165, 1.54) is 0 Å². The average Bonchev–Trinajstić information content (AvgIpc) is 3.28. The number of hydrogen-bond acceptors (Lipinski definition) is 10. The Morgan fingerprint density at radius 3 is 2.35 bits per heavy atom. The number of nitrogens with one attached hydrogen (secondary N) is 2. The van der Waals surface area contributed by atoms with Crippen molar-refractivity contribution in [2.24, 2.45) is 0 Å². The molecule has 3 aromatic rings. The van der Waals surface area contributed by atoms with E-state index in [2.05, 4.69) is 34.4 Å². The quantitative estimate of drug-likeness (QED) is 0.458. The molecule has 0 aliphatic carbocycles. The Bertz CT molecular complexity index is 1090. The molecule has 0 atom stereocenters. The first kappa shape index (κ1) is 23.8. The molecule has 3 heterocycles. The second-order valence-electron chi connectivity index (χ2n) is 8.23. The predicted molar refractivity (Wildman–Crippen MR) is 131 cm³/mol. The molecule has 11 nitrogen and oxygen atoms in total. The van der Waals surface area contributed by atoms with Gasteiger partial charge in [0, 0.05) is 50.0 Å². The lowest BCUT2D eigenvalue weighted by molar-refractivity contribution is 0.0398. The van der Waals surface area contributed by atoms with Gasteiger partial charge in [0.25, 0.3) is 0 Å². The van der Waals surface area contributed by atoms with Gasteiger partial charge in [-0.2, -0.15) is 9.97 Å². The molecular weight excluding hydrogens is 438 g/mol. The van der Waals surface area contributed by atoms with Gasteiger partial charge >= 0.3 is 0 Å². The van der Waals surface area contributed by atoms with Crippen LogP contribution in [0.1, 0.15) is 19.9 Å². The number of rotatable bonds is 10. The van der Waals surface area contributed by atoms with Gasteiger partial charge in [-0.1, -0.05) is 0 Å². The van der Waals surface area contributed by atoms with Gasteiger partial charge in [-0.3, -0.25) is 4.90 Å². The number of ether oxygens (including phenoxy) is 4. The number of nitrogens with zero attached hydrogens (tertiary/aromatic N) is 5. The van der Waals surface area contributed by atoms with Crippen molar-refractivity contribution in [3.05, 3.63) is 18.5 Å². The second kappa shape index (κ2) is 10.7. The normalized spacial score (nSPS) is 14.4. The molecule has 0 spiro atoms. The van der Waals surface area contributed by atoms with E-state index in [-0.39, 0.29) is 6.04 Å². The van der Waals surface area contributed by atoms with Crippen molar-refractivity contribution >= 4 is 28.6 Å². The summed E-state index contributed by atoms with van der Waals surface area (Å²) in [5, 5.41) is 6.75. The van der Waals surface area contributed by atoms with Gasteiger partial charge in [-0.15, -0.1) is 0 Å². The Morgan fingerprint density at radius 2 is 1.74 bits per heavy atom. The summed E-state index contributed by atoms with van der Waals surface area (Å²) < 4.78 is 23.8. The predicted octanol–water partition coefficient (Wildman–Crippen LogP) is 2.92. The van der Waals surface area contributed by atoms with Crippen molar-refractivity contribution in [1.29, 1.82) is 0 Å². The van der Waals surface area contributed by atoms with Crippen LogP contribution in [0.25, 0.3) is 11.2 Å². The number of morpholine rings is 1. The maximum atomic E-state index is 5.47. The van der Waals surface area contributed by atoms with E-state index in [1.807, 2.05) is 16.7 Å². The van der Waals surface area contributed by atoms with E-state index in [1.54, 1.807) is 27.7 Å². The summed E-state index contributed by atoms with van der Waals surface area (Å²) in [5.41, 5.74) is 2.21. The molecule has 184 valence electrons. The van der Waals surface area contributed by atoms with Crippen LogP contribution in [0.3, 0.4) is 0 Å². The molecule has 1 aliphatic heterocycles. The van der Waals surface area contributed by atoms with E-state index >= 15 is 0 Å². The zero-order valence-electron chi connectivity index (χ0n) is 20.4. The molecule has 1 fully saturated rings. The Morgan fingerprint density at radius 1 is 1.03 bits per heavy atom. The third-order valence-corrected chi connectivity index (χ3v) is 5.72. The lowest BCUT2D eigenvalue weighted by Crippen LogP contribution is -2.39. The molecule has 0 bridgehead atoms. The molecule has 11 heteroatoms. The van der Waals surface area contributed by atoms with E-state index in [0.717, 1.165) is 50.6 Å². The summed E-state index contributed by atoms with van der Waals surface area (Å²) in [6.45, 7) is 9.27. The fraction of sp³-hybridized carbons (Fsp3) is 0.522. The first-order valence-electron chi connectivity index (χ1n) is 11.4. The Labute approximate surface area is 199 Å². The van der Waals surface area contributed by atoms with Crippen molar-refractivity contribution in [3.8, 4) is 17.2 Å². The fourth-order valence-electron chi connectivity index (χ4n) is 3.91. The van der Waals surface area contributed by atoms with E-state index in [0.29, 0.717) is 34.7 Å². The summed E-state index contributed by atoms with van der Waals surface area (Å²) in [6, 6.07) is 3.84. The van der Waals surface area contributed by atoms with Gasteiger partial charge < -0.3 is 34.1 Å². The molecular formula is C23H33N7O4. The summed E-state index contributed by atoms with van der Waals surface area (Å²) in [6.07, 6.45) is 1.81. The minimum atomic E-state index is 0.204. The highest BCUT2D eigenvalue weighted by molar-refractivity contribution is 5.85. The van der Waals surface area contributed by atoms with Gasteiger partial charge in [0.05, 0.1) is 40.9 Å². The second-order valence-corrected chi connectivity index (χ2v) is 8.23. The molecule has 1 saturated heterocycles. The minimum absolute atomic E-state index is 0.204. The van der Waals surface area contributed by atoms with Crippen molar-refractivity contribution in [1.82, 2.24) is 24.4 Å². The van der Waals surface area contributed by atoms with E-state index < -0.39 is 0 Å². The SMILES string of the molecule is COc1cc(Nc2nc(NCCN3CCOCC3)c3ncn(C(C)C)c3n2)cc(OC)c1OC. The van der Waals surface area contributed by atoms with Gasteiger partial charge in [0.15, 0.2) is 28.5 Å². The minimum Gasteiger partial charge on any atom is -0.493 e. The van der Waals surface area contributed by atoms with Crippen molar-refractivity contribution in [2.45, 2.75) is 19.9 Å². The number of imidazole rings is 1. The highest BCUT2D eigenvalue weighted by Crippen LogP contribution is 2.40. The van der Waals surface area contributed by atoms with E-state index in [9.17, 15) is 0 Å². The lowest BCUT2D eigenvalue weighted by atomic mass is 10.2. The van der Waals surface area contributed by atoms with Crippen LogP contribution in [0, 0.1) is 0 Å². The lowest BCUT2D eigenvalue weighted by Gasteiger charge is -2.26. The van der Waals surface area contributed by atoms with Crippen LogP contribution in [0.5, 0.6) is 17.2 Å². The number of fused-ring (bicyclic) bond motifs is 1. The Hall–Kier alpha value is -3.31. The van der Waals surface area contributed by atoms with Crippen LogP contribution in [-0.2, 0) is 4.74 Å². The molecule has 0 radical (unpaired) electrons. The zero-order chi connectivity index (χ0) is 24.1. The first-order valence-corrected chi connectivity index (χ1v) is 11.4. The van der Waals surface area contributed by atoms with Crippen molar-refractivity contribution in [2.75, 3.05) is 71.4 Å². The van der Waals surface area contributed by atoms with Crippen LogP contribution in [0.15, 0.2) is 18.5 Å². The molecule has 2 N–H and O–H groups in total. The molecule has 1 aromatic carbocycles. The summed E-state index contributed by atoms with van der Waals surface area (Å²) >= 11 is 0. The molecule has 4 rings (SSSR count). The number of anilines is 3. The van der Waals surface area contributed by atoms with Crippen LogP contribution >= 0.6 is 0 Å². The smallest absolute Gasteiger partial charge is 0.231 e. The van der Waals surface area contributed by atoms with Gasteiger partial charge in [-0.05, 0) is 13.8 Å². The van der Waals surface area contributed by atoms with Crippen molar-refractivity contribution < 1.29 is 18.9 Å². The van der Waals surface area contributed by atoms with Crippen LogP contribution in [0.2, 0.25) is 0 Å². The monoisotopic (exact) mass is 471 g/mol. The molecule has 0 saturated carbocycles. The van der Waals surface area contributed by atoms with Gasteiger partial charge in [-0.25, -0.2) is 4.98 Å². The van der Waals surface area contributed by atoms with E-state index in [4.69, 9.17) is 28.9 Å². The molecule has 0 unspecified atom stereocenters. The number of aromatic nitrogens is 4. The van der Waals surface area contributed by atoms with Crippen LogP contribution in [-0.4, -0.2) is 85.1 Å². The zero-order valence-corrected chi connectivity index (χ0v) is 20.4. The molecule has 0 amide bonds. The molecule has 34 heavy (non-hydrogen) atoms. The average molecular weight is 472 g/mol. The third-order valence-electron chi connectivity index (χ3n) is 5.72. The maximum Gasteiger partial charge on any atom is 0.231 e. The number of methoxy groups -OCH3 is 3. The summed E-state index contributed by atoms with van der Waals surface area (Å²) in [7, 11) is 4.75. The summed E-state index contributed by atoms with van der Waals surface area (Å²) in [5.74, 6) is 2.74. The van der Waals surface area contributed by atoms with Crippen LogP contribution < -0.4 is 24.8 Å². The molecule has 2 aromatic heterocycles. The topological polar surface area (TPSA) is 108 Å². The first-order chi connectivity index (χ1) is 16.5. The number of hydrogen-bond donors (Lipinski definition) is 2. The number of benzene rings is 1. The molecule has 1 aliphatic rings. The van der Waals surface area contributed by atoms with Gasteiger partial charge in [0.1, 0.15) is 0 Å². The maximum absolute atomic E-state index is 5.47. The van der Waals surface area contributed by atoms with Crippen molar-refractivity contribution in [3.63, 3.8) is 0 Å². The van der Waals surface area contributed by atoms with Crippen LogP contribution in [0.4, 0.5) is 17.5 Å². The highest BCUT2D eigenvalue weighted by Gasteiger charge is 2.18. The van der Waals surface area contributed by atoms with Gasteiger partial charge in [0.2, 0.25) is 11.7 Å². The highest BCUT2D eigenvalue weighted by atomic mass is 16.5. The largest absolute Gasteiger partial charge is 0.493 e. The standard InChI is InChI=1S/C23H33N7O4/c1-15(2)30-14-25-19-21(24-6-7-29-8-10-34-11-9-29)27-23(28-22(19)30)26-16-12-17(31-3)20(33-5)18(13-16)32-4/h12-15H,6-11H2,1-5H3,(H2,24,26,27,28). The Balaban J connectivity index is 1.63. The summed E-state index contributed by atoms with van der Waals surface area (Å²) in [4.78, 5) is 16.5.